The van der Waals surface area contributed by atoms with Crippen LogP contribution in [0.4, 0.5) is 4.39 Å². The van der Waals surface area contributed by atoms with E-state index < -0.39 is 5.97 Å². The van der Waals surface area contributed by atoms with E-state index in [1.165, 1.54) is 30.3 Å². The zero-order valence-corrected chi connectivity index (χ0v) is 13.0. The van der Waals surface area contributed by atoms with Crippen molar-refractivity contribution in [3.8, 4) is 0 Å². The van der Waals surface area contributed by atoms with E-state index >= 15 is 0 Å². The molecule has 3 rings (SSSR count). The fourth-order valence-corrected chi connectivity index (χ4v) is 2.48. The van der Waals surface area contributed by atoms with Crippen molar-refractivity contribution in [3.05, 3.63) is 65.2 Å². The minimum Gasteiger partial charge on any atom is -0.477 e. The Hall–Kier alpha value is -2.76. The molecular formula is C18H17FN2O3. The first-order valence-electron chi connectivity index (χ1n) is 7.77. The van der Waals surface area contributed by atoms with E-state index in [1.807, 2.05) is 0 Å². The molecule has 1 heterocycles. The number of hydrogen-bond donors (Lipinski definition) is 1. The number of carboxylic acids is 1. The molecule has 24 heavy (non-hydrogen) atoms. The Morgan fingerprint density at radius 1 is 1.12 bits per heavy atom. The summed E-state index contributed by atoms with van der Waals surface area (Å²) in [4.78, 5) is 29.4. The van der Waals surface area contributed by atoms with Crippen LogP contribution in [0.25, 0.3) is 0 Å². The molecule has 1 amide bonds. The lowest BCUT2D eigenvalue weighted by Crippen LogP contribution is -2.33. The molecular weight excluding hydrogens is 311 g/mol. The summed E-state index contributed by atoms with van der Waals surface area (Å²) in [6.45, 7) is 0.934. The number of pyridine rings is 1. The zero-order valence-electron chi connectivity index (χ0n) is 13.0. The second-order valence-corrected chi connectivity index (χ2v) is 5.97. The molecule has 0 spiro atoms. The number of carbonyl (C=O) groups is 2. The lowest BCUT2D eigenvalue weighted by atomic mass is 10.2. The van der Waals surface area contributed by atoms with Crippen LogP contribution in [0.2, 0.25) is 0 Å². The normalized spacial score (nSPS) is 13.5. The van der Waals surface area contributed by atoms with Gasteiger partial charge in [0.1, 0.15) is 17.2 Å². The Morgan fingerprint density at radius 3 is 2.42 bits per heavy atom. The molecule has 124 valence electrons. The molecule has 1 fully saturated rings. The van der Waals surface area contributed by atoms with Gasteiger partial charge in [0, 0.05) is 13.1 Å². The number of aromatic carboxylic acids is 1. The number of carboxylic acid groups (broad SMARTS) is 1. The van der Waals surface area contributed by atoms with Gasteiger partial charge in [0.15, 0.2) is 0 Å². The number of rotatable bonds is 6. The summed E-state index contributed by atoms with van der Waals surface area (Å²) in [6.07, 6.45) is 2.16. The molecule has 0 radical (unpaired) electrons. The highest BCUT2D eigenvalue weighted by molar-refractivity contribution is 5.94. The highest BCUT2D eigenvalue weighted by atomic mass is 19.1. The summed E-state index contributed by atoms with van der Waals surface area (Å²) in [6, 6.07) is 10.4. The molecule has 1 aromatic carbocycles. The average molecular weight is 328 g/mol. The Bertz CT molecular complexity index is 757. The van der Waals surface area contributed by atoms with Crippen molar-refractivity contribution in [1.82, 2.24) is 9.88 Å². The van der Waals surface area contributed by atoms with Gasteiger partial charge in [-0.05, 0) is 48.6 Å². The topological polar surface area (TPSA) is 70.5 Å². The first-order valence-corrected chi connectivity index (χ1v) is 7.77. The summed E-state index contributed by atoms with van der Waals surface area (Å²) in [7, 11) is 0. The van der Waals surface area contributed by atoms with Gasteiger partial charge in [-0.25, -0.2) is 14.2 Å². The van der Waals surface area contributed by atoms with Crippen LogP contribution in [0.3, 0.4) is 0 Å². The second-order valence-electron chi connectivity index (χ2n) is 5.97. The van der Waals surface area contributed by atoms with Crippen LogP contribution in [0, 0.1) is 11.7 Å². The standard InChI is InChI=1S/C18H17FN2O3/c19-14-8-6-13(7-9-14)11-21(10-12-4-5-12)17(22)15-2-1-3-16(20-15)18(23)24/h1-3,6-9,12H,4-5,10-11H2,(H,23,24). The summed E-state index contributed by atoms with van der Waals surface area (Å²) < 4.78 is 13.0. The maximum atomic E-state index is 13.0. The average Bonchev–Trinajstić information content (AvgIpc) is 3.40. The quantitative estimate of drug-likeness (QED) is 0.885. The third-order valence-corrected chi connectivity index (χ3v) is 3.94. The van der Waals surface area contributed by atoms with Gasteiger partial charge in [0.05, 0.1) is 0 Å². The van der Waals surface area contributed by atoms with E-state index in [9.17, 15) is 14.0 Å². The van der Waals surface area contributed by atoms with Gasteiger partial charge in [0.25, 0.3) is 5.91 Å². The van der Waals surface area contributed by atoms with E-state index in [-0.39, 0.29) is 23.1 Å². The molecule has 2 aromatic rings. The Labute approximate surface area is 138 Å². The van der Waals surface area contributed by atoms with Gasteiger partial charge >= 0.3 is 5.97 Å². The van der Waals surface area contributed by atoms with E-state index in [1.54, 1.807) is 17.0 Å². The highest BCUT2D eigenvalue weighted by Crippen LogP contribution is 2.30. The maximum absolute atomic E-state index is 13.0. The highest BCUT2D eigenvalue weighted by Gasteiger charge is 2.28. The largest absolute Gasteiger partial charge is 0.477 e. The van der Waals surface area contributed by atoms with Crippen LogP contribution in [-0.4, -0.2) is 33.4 Å². The molecule has 1 aliphatic rings. The van der Waals surface area contributed by atoms with Crippen LogP contribution in [-0.2, 0) is 6.54 Å². The van der Waals surface area contributed by atoms with Gasteiger partial charge < -0.3 is 10.0 Å². The Morgan fingerprint density at radius 2 is 1.79 bits per heavy atom. The van der Waals surface area contributed by atoms with Gasteiger partial charge in [-0.1, -0.05) is 18.2 Å². The number of aromatic nitrogens is 1. The summed E-state index contributed by atoms with van der Waals surface area (Å²) in [5, 5.41) is 9.02. The SMILES string of the molecule is O=C(O)c1cccc(C(=O)N(Cc2ccc(F)cc2)CC2CC2)n1. The van der Waals surface area contributed by atoms with Crippen LogP contribution in [0.1, 0.15) is 39.4 Å². The first kappa shape index (κ1) is 16.1. The van der Waals surface area contributed by atoms with Crippen LogP contribution in [0.5, 0.6) is 0 Å². The monoisotopic (exact) mass is 328 g/mol. The van der Waals surface area contributed by atoms with Crippen molar-refractivity contribution in [2.45, 2.75) is 19.4 Å². The minimum atomic E-state index is -1.17. The van der Waals surface area contributed by atoms with Crippen LogP contribution in [0.15, 0.2) is 42.5 Å². The molecule has 0 bridgehead atoms. The molecule has 6 heteroatoms. The van der Waals surface area contributed by atoms with Crippen molar-refractivity contribution >= 4 is 11.9 Å². The molecule has 1 saturated carbocycles. The number of halogens is 1. The van der Waals surface area contributed by atoms with Gasteiger partial charge in [-0.2, -0.15) is 0 Å². The molecule has 1 N–H and O–H groups in total. The molecule has 0 saturated heterocycles. The van der Waals surface area contributed by atoms with Crippen molar-refractivity contribution in [3.63, 3.8) is 0 Å². The number of hydrogen-bond acceptors (Lipinski definition) is 3. The van der Waals surface area contributed by atoms with Gasteiger partial charge in [-0.3, -0.25) is 4.79 Å². The number of benzene rings is 1. The van der Waals surface area contributed by atoms with Crippen LogP contribution < -0.4 is 0 Å². The Balaban J connectivity index is 1.81. The lowest BCUT2D eigenvalue weighted by Gasteiger charge is -2.22. The second kappa shape index (κ2) is 6.78. The molecule has 0 aliphatic heterocycles. The maximum Gasteiger partial charge on any atom is 0.354 e. The van der Waals surface area contributed by atoms with Crippen molar-refractivity contribution < 1.29 is 19.1 Å². The third kappa shape index (κ3) is 3.95. The van der Waals surface area contributed by atoms with Crippen molar-refractivity contribution in [2.75, 3.05) is 6.54 Å². The third-order valence-electron chi connectivity index (χ3n) is 3.94. The molecule has 1 aromatic heterocycles. The summed E-state index contributed by atoms with van der Waals surface area (Å²) >= 11 is 0. The van der Waals surface area contributed by atoms with E-state index in [4.69, 9.17) is 5.11 Å². The number of amides is 1. The minimum absolute atomic E-state index is 0.109. The van der Waals surface area contributed by atoms with Crippen molar-refractivity contribution in [1.29, 1.82) is 0 Å². The van der Waals surface area contributed by atoms with E-state index in [0.717, 1.165) is 18.4 Å². The smallest absolute Gasteiger partial charge is 0.354 e. The van der Waals surface area contributed by atoms with E-state index in [0.29, 0.717) is 19.0 Å². The predicted molar refractivity (Wildman–Crippen MR) is 85.1 cm³/mol. The molecule has 1 aliphatic carbocycles. The first-order chi connectivity index (χ1) is 11.5. The number of carbonyl (C=O) groups excluding carboxylic acids is 1. The van der Waals surface area contributed by atoms with Crippen LogP contribution >= 0.6 is 0 Å². The van der Waals surface area contributed by atoms with Gasteiger partial charge in [-0.15, -0.1) is 0 Å². The van der Waals surface area contributed by atoms with Crippen molar-refractivity contribution in [2.24, 2.45) is 5.92 Å². The Kier molecular flexibility index (Phi) is 4.55. The molecule has 0 atom stereocenters. The molecule has 0 unspecified atom stereocenters. The lowest BCUT2D eigenvalue weighted by molar-refractivity contribution is 0.0689. The fraction of sp³-hybridized carbons (Fsp3) is 0.278. The zero-order chi connectivity index (χ0) is 17.1. The number of nitrogens with zero attached hydrogens (tertiary/aromatic N) is 2. The fourth-order valence-electron chi connectivity index (χ4n) is 2.48. The molecule has 5 nitrogen and oxygen atoms in total. The predicted octanol–water partition coefficient (Wildman–Crippen LogP) is 2.97. The summed E-state index contributed by atoms with van der Waals surface area (Å²) in [5.41, 5.74) is 0.770. The van der Waals surface area contributed by atoms with E-state index in [2.05, 4.69) is 4.98 Å². The summed E-state index contributed by atoms with van der Waals surface area (Å²) in [5.74, 6) is -1.34. The van der Waals surface area contributed by atoms with Gasteiger partial charge in [0.2, 0.25) is 0 Å².